The minimum atomic E-state index is -0.653. The number of carboxylic acid groups (broad SMARTS) is 1. The highest BCUT2D eigenvalue weighted by Crippen LogP contribution is 2.39. The van der Waals surface area contributed by atoms with Crippen LogP contribution in [0.2, 0.25) is 0 Å². The zero-order chi connectivity index (χ0) is 9.73. The van der Waals surface area contributed by atoms with E-state index in [-0.39, 0.29) is 0 Å². The summed E-state index contributed by atoms with van der Waals surface area (Å²) in [6.45, 7) is 2.31. The van der Waals surface area contributed by atoms with E-state index in [0.29, 0.717) is 11.8 Å². The monoisotopic (exact) mass is 184 g/mol. The van der Waals surface area contributed by atoms with Crippen LogP contribution in [-0.2, 0) is 4.79 Å². The third kappa shape index (κ3) is 3.79. The lowest BCUT2D eigenvalue weighted by Gasteiger charge is -2.33. The number of aliphatic carboxylic acids is 1. The number of hydrogen-bond donors (Lipinski definition) is 1. The molecule has 1 aliphatic carbocycles. The highest BCUT2D eigenvalue weighted by molar-refractivity contribution is 5.66. The summed E-state index contributed by atoms with van der Waals surface area (Å²) in [5.41, 5.74) is 0.452. The van der Waals surface area contributed by atoms with Gasteiger partial charge in [0.05, 0.1) is 0 Å². The predicted octanol–water partition coefficient (Wildman–Crippen LogP) is 3.21. The zero-order valence-electron chi connectivity index (χ0n) is 8.51. The SMILES string of the molecule is CC1(CCCC(=O)O)CCCCC1. The first-order valence-electron chi connectivity index (χ1n) is 5.34. The molecule has 1 aliphatic rings. The van der Waals surface area contributed by atoms with Gasteiger partial charge in [0.25, 0.3) is 0 Å². The van der Waals surface area contributed by atoms with Gasteiger partial charge >= 0.3 is 5.97 Å². The molecular formula is C11H20O2. The molecule has 0 radical (unpaired) electrons. The Bertz CT molecular complexity index is 169. The molecular weight excluding hydrogens is 164 g/mol. The molecule has 0 aliphatic heterocycles. The molecule has 0 aromatic carbocycles. The van der Waals surface area contributed by atoms with Gasteiger partial charge in [-0.2, -0.15) is 0 Å². The Labute approximate surface area is 80.3 Å². The Hall–Kier alpha value is -0.530. The fraction of sp³-hybridized carbons (Fsp3) is 0.909. The zero-order valence-corrected chi connectivity index (χ0v) is 8.51. The van der Waals surface area contributed by atoms with E-state index in [1.54, 1.807) is 0 Å². The van der Waals surface area contributed by atoms with Crippen molar-refractivity contribution in [1.82, 2.24) is 0 Å². The maximum atomic E-state index is 10.3. The topological polar surface area (TPSA) is 37.3 Å². The third-order valence-corrected chi connectivity index (χ3v) is 3.23. The van der Waals surface area contributed by atoms with Gasteiger partial charge in [-0.25, -0.2) is 0 Å². The van der Waals surface area contributed by atoms with E-state index in [4.69, 9.17) is 5.11 Å². The second kappa shape index (κ2) is 4.64. The standard InChI is InChI=1S/C11H20O2/c1-11(7-3-2-4-8-11)9-5-6-10(12)13/h2-9H2,1H3,(H,12,13). The third-order valence-electron chi connectivity index (χ3n) is 3.23. The summed E-state index contributed by atoms with van der Waals surface area (Å²) >= 11 is 0. The Morgan fingerprint density at radius 3 is 2.46 bits per heavy atom. The fourth-order valence-corrected chi connectivity index (χ4v) is 2.32. The van der Waals surface area contributed by atoms with Crippen LogP contribution in [0.1, 0.15) is 58.3 Å². The van der Waals surface area contributed by atoms with E-state index in [0.717, 1.165) is 12.8 Å². The quantitative estimate of drug-likeness (QED) is 0.728. The maximum Gasteiger partial charge on any atom is 0.303 e. The van der Waals surface area contributed by atoms with Crippen LogP contribution in [0.4, 0.5) is 0 Å². The molecule has 2 heteroatoms. The minimum Gasteiger partial charge on any atom is -0.481 e. The van der Waals surface area contributed by atoms with Gasteiger partial charge in [-0.05, 0) is 31.1 Å². The summed E-state index contributed by atoms with van der Waals surface area (Å²) in [5, 5.41) is 8.53. The van der Waals surface area contributed by atoms with E-state index in [2.05, 4.69) is 6.92 Å². The van der Waals surface area contributed by atoms with Gasteiger partial charge in [0.1, 0.15) is 0 Å². The molecule has 13 heavy (non-hydrogen) atoms. The number of hydrogen-bond acceptors (Lipinski definition) is 1. The molecule has 1 N–H and O–H groups in total. The first kappa shape index (κ1) is 10.6. The molecule has 0 saturated heterocycles. The van der Waals surface area contributed by atoms with Gasteiger partial charge in [0.2, 0.25) is 0 Å². The Morgan fingerprint density at radius 1 is 1.31 bits per heavy atom. The summed E-state index contributed by atoms with van der Waals surface area (Å²) in [6, 6.07) is 0. The van der Waals surface area contributed by atoms with Gasteiger partial charge in [-0.15, -0.1) is 0 Å². The van der Waals surface area contributed by atoms with Crippen LogP contribution < -0.4 is 0 Å². The van der Waals surface area contributed by atoms with Crippen LogP contribution in [0.25, 0.3) is 0 Å². The van der Waals surface area contributed by atoms with Crippen LogP contribution in [-0.4, -0.2) is 11.1 Å². The molecule has 0 spiro atoms. The summed E-state index contributed by atoms with van der Waals surface area (Å²) in [5.74, 6) is -0.653. The Balaban J connectivity index is 2.21. The summed E-state index contributed by atoms with van der Waals surface area (Å²) in [7, 11) is 0. The largest absolute Gasteiger partial charge is 0.481 e. The lowest BCUT2D eigenvalue weighted by molar-refractivity contribution is -0.137. The lowest BCUT2D eigenvalue weighted by Crippen LogP contribution is -2.20. The smallest absolute Gasteiger partial charge is 0.303 e. The van der Waals surface area contributed by atoms with E-state index in [1.807, 2.05) is 0 Å². The molecule has 0 aromatic heterocycles. The average molecular weight is 184 g/mol. The molecule has 0 aromatic rings. The summed E-state index contributed by atoms with van der Waals surface area (Å²) in [6.07, 6.45) is 8.93. The second-order valence-electron chi connectivity index (χ2n) is 4.62. The van der Waals surface area contributed by atoms with E-state index < -0.39 is 5.97 Å². The Morgan fingerprint density at radius 2 is 1.92 bits per heavy atom. The van der Waals surface area contributed by atoms with Crippen LogP contribution in [0.15, 0.2) is 0 Å². The van der Waals surface area contributed by atoms with Crippen molar-refractivity contribution < 1.29 is 9.90 Å². The predicted molar refractivity (Wildman–Crippen MR) is 52.7 cm³/mol. The van der Waals surface area contributed by atoms with Crippen LogP contribution >= 0.6 is 0 Å². The molecule has 0 amide bonds. The Kier molecular flexibility index (Phi) is 3.76. The number of rotatable bonds is 4. The van der Waals surface area contributed by atoms with E-state index in [1.165, 1.54) is 32.1 Å². The normalized spacial score (nSPS) is 21.3. The van der Waals surface area contributed by atoms with Gasteiger partial charge in [-0.3, -0.25) is 4.79 Å². The molecule has 1 fully saturated rings. The van der Waals surface area contributed by atoms with Crippen molar-refractivity contribution in [3.8, 4) is 0 Å². The van der Waals surface area contributed by atoms with Crippen molar-refractivity contribution in [2.75, 3.05) is 0 Å². The van der Waals surface area contributed by atoms with Crippen LogP contribution in [0.3, 0.4) is 0 Å². The lowest BCUT2D eigenvalue weighted by atomic mass is 9.72. The summed E-state index contributed by atoms with van der Waals surface area (Å²) in [4.78, 5) is 10.3. The molecule has 0 bridgehead atoms. The van der Waals surface area contributed by atoms with Crippen molar-refractivity contribution in [3.63, 3.8) is 0 Å². The van der Waals surface area contributed by atoms with E-state index in [9.17, 15) is 4.79 Å². The van der Waals surface area contributed by atoms with Crippen molar-refractivity contribution in [1.29, 1.82) is 0 Å². The molecule has 0 atom stereocenters. The molecule has 1 saturated carbocycles. The van der Waals surface area contributed by atoms with Gasteiger partial charge in [0.15, 0.2) is 0 Å². The molecule has 76 valence electrons. The first-order valence-corrected chi connectivity index (χ1v) is 5.34. The van der Waals surface area contributed by atoms with Crippen LogP contribution in [0, 0.1) is 5.41 Å². The molecule has 2 nitrogen and oxygen atoms in total. The highest BCUT2D eigenvalue weighted by Gasteiger charge is 2.25. The van der Waals surface area contributed by atoms with Gasteiger partial charge in [-0.1, -0.05) is 26.2 Å². The van der Waals surface area contributed by atoms with Crippen molar-refractivity contribution >= 4 is 5.97 Å². The van der Waals surface area contributed by atoms with Crippen molar-refractivity contribution in [2.24, 2.45) is 5.41 Å². The second-order valence-corrected chi connectivity index (χ2v) is 4.62. The highest BCUT2D eigenvalue weighted by atomic mass is 16.4. The van der Waals surface area contributed by atoms with Gasteiger partial charge < -0.3 is 5.11 Å². The van der Waals surface area contributed by atoms with Crippen molar-refractivity contribution in [3.05, 3.63) is 0 Å². The van der Waals surface area contributed by atoms with Gasteiger partial charge in [0, 0.05) is 6.42 Å². The molecule has 1 rings (SSSR count). The number of carbonyl (C=O) groups is 1. The maximum absolute atomic E-state index is 10.3. The summed E-state index contributed by atoms with van der Waals surface area (Å²) < 4.78 is 0. The molecule has 0 unspecified atom stereocenters. The minimum absolute atomic E-state index is 0.343. The average Bonchev–Trinajstić information content (AvgIpc) is 2.04. The fourth-order valence-electron chi connectivity index (χ4n) is 2.32. The molecule has 0 heterocycles. The number of carboxylic acids is 1. The van der Waals surface area contributed by atoms with E-state index >= 15 is 0 Å². The van der Waals surface area contributed by atoms with Crippen molar-refractivity contribution in [2.45, 2.75) is 58.3 Å². The van der Waals surface area contributed by atoms with Crippen LogP contribution in [0.5, 0.6) is 0 Å². The first-order chi connectivity index (χ1) is 6.12.